The van der Waals surface area contributed by atoms with Gasteiger partial charge in [-0.25, -0.2) is 4.79 Å². The molecule has 0 radical (unpaired) electrons. The lowest BCUT2D eigenvalue weighted by Gasteiger charge is -2.10. The first kappa shape index (κ1) is 12.7. The number of hydrogen-bond acceptors (Lipinski definition) is 3. The number of aromatic carboxylic acids is 1. The Morgan fingerprint density at radius 2 is 2.00 bits per heavy atom. The van der Waals surface area contributed by atoms with Gasteiger partial charge in [-0.3, -0.25) is 4.79 Å². The second kappa shape index (κ2) is 4.68. The Labute approximate surface area is 119 Å². The molecule has 0 aromatic heterocycles. The molecular formula is C15H11NO3S. The minimum absolute atomic E-state index is 0.174. The van der Waals surface area contributed by atoms with Gasteiger partial charge in [-0.2, -0.15) is 0 Å². The number of hydrogen-bond donors (Lipinski definition) is 2. The number of nitrogens with one attached hydrogen (secondary N) is 1. The van der Waals surface area contributed by atoms with E-state index in [0.29, 0.717) is 11.3 Å². The Kier molecular flexibility index (Phi) is 2.99. The highest BCUT2D eigenvalue weighted by Gasteiger charge is 2.22. The topological polar surface area (TPSA) is 66.4 Å². The first-order valence-electron chi connectivity index (χ1n) is 6.02. The molecule has 1 aliphatic heterocycles. The summed E-state index contributed by atoms with van der Waals surface area (Å²) in [6.45, 7) is 1.85. The van der Waals surface area contributed by atoms with E-state index in [-0.39, 0.29) is 11.5 Å². The smallest absolute Gasteiger partial charge is 0.335 e. The van der Waals surface area contributed by atoms with Crippen LogP contribution in [-0.2, 0) is 0 Å². The Balaban J connectivity index is 2.19. The molecule has 0 atom stereocenters. The van der Waals surface area contributed by atoms with Crippen LogP contribution >= 0.6 is 11.8 Å². The largest absolute Gasteiger partial charge is 0.478 e. The predicted molar refractivity (Wildman–Crippen MR) is 76.7 cm³/mol. The van der Waals surface area contributed by atoms with Crippen molar-refractivity contribution >= 4 is 29.3 Å². The number of carbonyl (C=O) groups is 2. The van der Waals surface area contributed by atoms with E-state index in [1.54, 1.807) is 12.1 Å². The van der Waals surface area contributed by atoms with Gasteiger partial charge in [0.05, 0.1) is 16.8 Å². The molecule has 0 saturated carbocycles. The molecule has 3 rings (SSSR count). The average molecular weight is 285 g/mol. The van der Waals surface area contributed by atoms with E-state index in [0.717, 1.165) is 15.4 Å². The number of carbonyl (C=O) groups excluding carboxylic acids is 1. The lowest BCUT2D eigenvalue weighted by atomic mass is 10.1. The molecule has 2 N–H and O–H groups in total. The van der Waals surface area contributed by atoms with Crippen LogP contribution in [0.25, 0.3) is 0 Å². The molecular weight excluding hydrogens is 274 g/mol. The van der Waals surface area contributed by atoms with Crippen LogP contribution in [0, 0.1) is 6.92 Å². The fourth-order valence-electron chi connectivity index (χ4n) is 2.17. The maximum atomic E-state index is 12.2. The Morgan fingerprint density at radius 1 is 1.25 bits per heavy atom. The van der Waals surface area contributed by atoms with Crippen LogP contribution < -0.4 is 5.32 Å². The predicted octanol–water partition coefficient (Wildman–Crippen LogP) is 3.41. The lowest BCUT2D eigenvalue weighted by Crippen LogP contribution is -2.12. The zero-order valence-electron chi connectivity index (χ0n) is 10.6. The van der Waals surface area contributed by atoms with E-state index in [9.17, 15) is 9.59 Å². The standard InChI is InChI=1S/C15H11NO3S/c1-8-6-9(15(18)19)7-11-13(8)20-12-5-3-2-4-10(12)14(17)16-11/h2-7H,1H3,(H,16,17)(H,18,19). The van der Waals surface area contributed by atoms with Crippen LogP contribution in [-0.4, -0.2) is 17.0 Å². The van der Waals surface area contributed by atoms with Crippen LogP contribution in [0.4, 0.5) is 5.69 Å². The summed E-state index contributed by atoms with van der Waals surface area (Å²) in [6.07, 6.45) is 0. The van der Waals surface area contributed by atoms with Gasteiger partial charge in [0.25, 0.3) is 5.91 Å². The van der Waals surface area contributed by atoms with E-state index in [1.165, 1.54) is 17.8 Å². The minimum atomic E-state index is -1.00. The fourth-order valence-corrected chi connectivity index (χ4v) is 3.25. The van der Waals surface area contributed by atoms with Gasteiger partial charge in [-0.05, 0) is 36.8 Å². The van der Waals surface area contributed by atoms with Gasteiger partial charge in [-0.15, -0.1) is 0 Å². The molecule has 1 aliphatic rings. The molecule has 1 heterocycles. The number of carboxylic acid groups (broad SMARTS) is 1. The molecule has 2 aromatic carbocycles. The van der Waals surface area contributed by atoms with Crippen molar-refractivity contribution in [1.29, 1.82) is 0 Å². The van der Waals surface area contributed by atoms with E-state index in [4.69, 9.17) is 5.11 Å². The van der Waals surface area contributed by atoms with Crippen LogP contribution in [0.3, 0.4) is 0 Å². The highest BCUT2D eigenvalue weighted by Crippen LogP contribution is 2.41. The average Bonchev–Trinajstić information content (AvgIpc) is 2.56. The van der Waals surface area contributed by atoms with Crippen molar-refractivity contribution in [2.75, 3.05) is 5.32 Å². The van der Waals surface area contributed by atoms with E-state index in [1.807, 2.05) is 25.1 Å². The van der Waals surface area contributed by atoms with Gasteiger partial charge in [-0.1, -0.05) is 23.9 Å². The van der Waals surface area contributed by atoms with Gasteiger partial charge in [0.2, 0.25) is 0 Å². The molecule has 2 aromatic rings. The number of anilines is 1. The maximum Gasteiger partial charge on any atom is 0.335 e. The summed E-state index contributed by atoms with van der Waals surface area (Å²) in [5, 5.41) is 11.9. The molecule has 0 spiro atoms. The minimum Gasteiger partial charge on any atom is -0.478 e. The van der Waals surface area contributed by atoms with Crippen LogP contribution in [0.2, 0.25) is 0 Å². The first-order valence-corrected chi connectivity index (χ1v) is 6.84. The number of rotatable bonds is 1. The zero-order chi connectivity index (χ0) is 14.3. The number of fused-ring (bicyclic) bond motifs is 2. The zero-order valence-corrected chi connectivity index (χ0v) is 11.5. The van der Waals surface area contributed by atoms with Crippen LogP contribution in [0.15, 0.2) is 46.2 Å². The van der Waals surface area contributed by atoms with Gasteiger partial charge < -0.3 is 10.4 Å². The number of aryl methyl sites for hydroxylation is 1. The molecule has 0 fully saturated rings. The Bertz CT molecular complexity index is 740. The SMILES string of the molecule is Cc1cc(C(=O)O)cc2c1Sc1ccccc1C(=O)N2. The summed E-state index contributed by atoms with van der Waals surface area (Å²) in [4.78, 5) is 25.0. The van der Waals surface area contributed by atoms with Crippen molar-refractivity contribution in [3.63, 3.8) is 0 Å². The molecule has 0 bridgehead atoms. The van der Waals surface area contributed by atoms with Gasteiger partial charge in [0, 0.05) is 9.79 Å². The summed E-state index contributed by atoms with van der Waals surface area (Å²) in [5.74, 6) is -1.22. The van der Waals surface area contributed by atoms with Crippen LogP contribution in [0.1, 0.15) is 26.3 Å². The van der Waals surface area contributed by atoms with Gasteiger partial charge >= 0.3 is 5.97 Å². The van der Waals surface area contributed by atoms with E-state index < -0.39 is 5.97 Å². The monoisotopic (exact) mass is 285 g/mol. The molecule has 0 saturated heterocycles. The summed E-state index contributed by atoms with van der Waals surface area (Å²) in [5.41, 5.74) is 2.16. The number of amides is 1. The highest BCUT2D eigenvalue weighted by molar-refractivity contribution is 7.99. The van der Waals surface area contributed by atoms with E-state index >= 15 is 0 Å². The third kappa shape index (κ3) is 2.06. The molecule has 1 amide bonds. The van der Waals surface area contributed by atoms with E-state index in [2.05, 4.69) is 5.32 Å². The lowest BCUT2D eigenvalue weighted by molar-refractivity contribution is 0.0696. The number of carboxylic acids is 1. The summed E-state index contributed by atoms with van der Waals surface area (Å²) in [7, 11) is 0. The summed E-state index contributed by atoms with van der Waals surface area (Å²) in [6, 6.07) is 10.5. The number of benzene rings is 2. The quantitative estimate of drug-likeness (QED) is 0.842. The molecule has 4 nitrogen and oxygen atoms in total. The van der Waals surface area contributed by atoms with Crippen molar-refractivity contribution < 1.29 is 14.7 Å². The molecule has 20 heavy (non-hydrogen) atoms. The van der Waals surface area contributed by atoms with Crippen molar-refractivity contribution in [3.05, 3.63) is 53.1 Å². The summed E-state index contributed by atoms with van der Waals surface area (Å²) < 4.78 is 0. The summed E-state index contributed by atoms with van der Waals surface area (Å²) >= 11 is 1.48. The van der Waals surface area contributed by atoms with Gasteiger partial charge in [0.15, 0.2) is 0 Å². The fraction of sp³-hybridized carbons (Fsp3) is 0.0667. The third-order valence-corrected chi connectivity index (χ3v) is 4.44. The second-order valence-electron chi connectivity index (χ2n) is 4.53. The first-order chi connectivity index (χ1) is 9.56. The van der Waals surface area contributed by atoms with Crippen molar-refractivity contribution in [1.82, 2.24) is 0 Å². The highest BCUT2D eigenvalue weighted by atomic mass is 32.2. The normalized spacial score (nSPS) is 12.9. The maximum absolute atomic E-state index is 12.2. The second-order valence-corrected chi connectivity index (χ2v) is 5.58. The third-order valence-electron chi connectivity index (χ3n) is 3.11. The molecule has 100 valence electrons. The van der Waals surface area contributed by atoms with Crippen molar-refractivity contribution in [3.8, 4) is 0 Å². The van der Waals surface area contributed by atoms with Crippen molar-refractivity contribution in [2.45, 2.75) is 16.7 Å². The Hall–Kier alpha value is -2.27. The van der Waals surface area contributed by atoms with Gasteiger partial charge in [0.1, 0.15) is 0 Å². The molecule has 0 aliphatic carbocycles. The van der Waals surface area contributed by atoms with Crippen LogP contribution in [0.5, 0.6) is 0 Å². The molecule has 0 unspecified atom stereocenters. The van der Waals surface area contributed by atoms with Crippen molar-refractivity contribution in [2.24, 2.45) is 0 Å². The Morgan fingerprint density at radius 3 is 2.75 bits per heavy atom. The molecule has 5 heteroatoms.